The van der Waals surface area contributed by atoms with Crippen LogP contribution in [0.5, 0.6) is 11.5 Å². The number of pyridine rings is 1. The number of nitrogens with one attached hydrogen (secondary N) is 1. The third-order valence-electron chi connectivity index (χ3n) is 6.23. The number of aromatic amines is 1. The van der Waals surface area contributed by atoms with E-state index >= 15 is 0 Å². The molecule has 0 bridgehead atoms. The Balaban J connectivity index is 1.33. The summed E-state index contributed by atoms with van der Waals surface area (Å²) in [6.07, 6.45) is 2.76. The molecular weight excluding hydrogens is 532 g/mol. The highest BCUT2D eigenvalue weighted by molar-refractivity contribution is 7.89. The molecule has 0 radical (unpaired) electrons. The van der Waals surface area contributed by atoms with E-state index in [1.165, 1.54) is 10.4 Å². The number of rotatable bonds is 8. The van der Waals surface area contributed by atoms with Crippen LogP contribution in [0.15, 0.2) is 65.8 Å². The first kappa shape index (κ1) is 26.0. The van der Waals surface area contributed by atoms with Crippen LogP contribution in [-0.2, 0) is 14.8 Å². The Morgan fingerprint density at radius 3 is 2.68 bits per heavy atom. The summed E-state index contributed by atoms with van der Waals surface area (Å²) in [5, 5.41) is 0.634. The quantitative estimate of drug-likeness (QED) is 0.339. The highest BCUT2D eigenvalue weighted by Gasteiger charge is 2.36. The molecule has 1 atom stereocenters. The van der Waals surface area contributed by atoms with Gasteiger partial charge in [-0.25, -0.2) is 8.42 Å². The number of H-pyrrole nitrogens is 1. The Morgan fingerprint density at radius 2 is 1.95 bits per heavy atom. The van der Waals surface area contributed by atoms with Gasteiger partial charge in [0.15, 0.2) is 0 Å². The number of aromatic nitrogens is 2. The van der Waals surface area contributed by atoms with Crippen LogP contribution in [-0.4, -0.2) is 68.1 Å². The number of ether oxygens (including phenoxy) is 3. The second kappa shape index (κ2) is 10.6. The van der Waals surface area contributed by atoms with E-state index in [0.29, 0.717) is 21.7 Å². The molecule has 10 nitrogen and oxygen atoms in total. The summed E-state index contributed by atoms with van der Waals surface area (Å²) in [6.45, 7) is 0.396. The number of hydrogen-bond donors (Lipinski definition) is 2. The van der Waals surface area contributed by atoms with Gasteiger partial charge in [-0.15, -0.1) is 0 Å². The lowest BCUT2D eigenvalue weighted by atomic mass is 10.1. The molecule has 1 aliphatic heterocycles. The second-order valence-electron chi connectivity index (χ2n) is 8.69. The maximum atomic E-state index is 13.7. The molecule has 12 heteroatoms. The number of sulfonamides is 1. The highest BCUT2D eigenvalue weighted by atomic mass is 35.5. The van der Waals surface area contributed by atoms with E-state index in [1.807, 2.05) is 30.3 Å². The topological polar surface area (TPSA) is 137 Å². The zero-order valence-corrected chi connectivity index (χ0v) is 22.0. The minimum absolute atomic E-state index is 0.0272. The molecule has 1 amide bonds. The van der Waals surface area contributed by atoms with E-state index in [2.05, 4.69) is 9.97 Å². The molecule has 1 saturated heterocycles. The summed E-state index contributed by atoms with van der Waals surface area (Å²) in [6, 6.07) is 14.1. The summed E-state index contributed by atoms with van der Waals surface area (Å²) in [5.41, 5.74) is 7.56. The minimum Gasteiger partial charge on any atom is -0.497 e. The van der Waals surface area contributed by atoms with Gasteiger partial charge in [0.05, 0.1) is 19.9 Å². The third-order valence-corrected chi connectivity index (χ3v) is 8.42. The monoisotopic (exact) mass is 556 g/mol. The normalized spacial score (nSPS) is 16.4. The standard InChI is InChI=1S/C26H25ClN4O6S/c1-35-19-5-2-16(3-6-19)17-10-20(13-29-12-17)37-15-21-14-31(8-9-36-21)38(33,34)25-22-11-18(27)4-7-23(22)30-24(25)26(28)32/h2-7,10-13,21,30H,8-9,14-15H2,1H3,(H2,28,32)/t21-/m0/s1. The Bertz CT molecular complexity index is 1590. The van der Waals surface area contributed by atoms with Crippen LogP contribution in [0, 0.1) is 0 Å². The number of primary amides is 1. The number of morpholine rings is 1. The summed E-state index contributed by atoms with van der Waals surface area (Å²) >= 11 is 6.12. The molecule has 2 aromatic carbocycles. The Hall–Kier alpha value is -3.64. The first-order valence-electron chi connectivity index (χ1n) is 11.7. The summed E-state index contributed by atoms with van der Waals surface area (Å²) in [5.74, 6) is 0.388. The fraction of sp³-hybridized carbons (Fsp3) is 0.231. The molecule has 0 saturated carbocycles. The maximum absolute atomic E-state index is 13.7. The van der Waals surface area contributed by atoms with E-state index in [4.69, 9.17) is 31.5 Å². The Morgan fingerprint density at radius 1 is 1.16 bits per heavy atom. The number of carbonyl (C=O) groups excluding carboxylic acids is 1. The molecule has 38 heavy (non-hydrogen) atoms. The molecular formula is C26H25ClN4O6S. The van der Waals surface area contributed by atoms with E-state index in [0.717, 1.165) is 16.9 Å². The van der Waals surface area contributed by atoms with Crippen LogP contribution < -0.4 is 15.2 Å². The predicted molar refractivity (Wildman–Crippen MR) is 142 cm³/mol. The Labute approximate surface area is 224 Å². The summed E-state index contributed by atoms with van der Waals surface area (Å²) in [4.78, 5) is 19.0. The Kier molecular flexibility index (Phi) is 7.26. The maximum Gasteiger partial charge on any atom is 0.266 e. The lowest BCUT2D eigenvalue weighted by molar-refractivity contribution is -0.0249. The van der Waals surface area contributed by atoms with Crippen LogP contribution >= 0.6 is 11.6 Å². The van der Waals surface area contributed by atoms with Gasteiger partial charge in [-0.3, -0.25) is 9.78 Å². The molecule has 198 valence electrons. The smallest absolute Gasteiger partial charge is 0.266 e. The fourth-order valence-electron chi connectivity index (χ4n) is 4.35. The van der Waals surface area contributed by atoms with Crippen molar-refractivity contribution >= 4 is 38.4 Å². The van der Waals surface area contributed by atoms with Gasteiger partial charge in [0.25, 0.3) is 5.91 Å². The molecule has 1 aliphatic rings. The van der Waals surface area contributed by atoms with Crippen molar-refractivity contribution < 1.29 is 27.4 Å². The van der Waals surface area contributed by atoms with Crippen molar-refractivity contribution in [2.45, 2.75) is 11.0 Å². The highest BCUT2D eigenvalue weighted by Crippen LogP contribution is 2.32. The molecule has 0 unspecified atom stereocenters. The minimum atomic E-state index is -4.12. The molecule has 3 N–H and O–H groups in total. The molecule has 3 heterocycles. The number of hydrogen-bond acceptors (Lipinski definition) is 7. The van der Waals surface area contributed by atoms with Crippen molar-refractivity contribution in [1.82, 2.24) is 14.3 Å². The van der Waals surface area contributed by atoms with Gasteiger partial charge in [0.2, 0.25) is 10.0 Å². The first-order chi connectivity index (χ1) is 18.3. The zero-order valence-electron chi connectivity index (χ0n) is 20.4. The van der Waals surface area contributed by atoms with Crippen LogP contribution in [0.4, 0.5) is 0 Å². The average Bonchev–Trinajstić information content (AvgIpc) is 3.32. The van der Waals surface area contributed by atoms with Crippen molar-refractivity contribution in [2.24, 2.45) is 5.73 Å². The van der Waals surface area contributed by atoms with E-state index in [-0.39, 0.29) is 36.9 Å². The number of fused-ring (bicyclic) bond motifs is 1. The van der Waals surface area contributed by atoms with E-state index in [9.17, 15) is 13.2 Å². The number of methoxy groups -OCH3 is 1. The summed E-state index contributed by atoms with van der Waals surface area (Å²) < 4.78 is 45.6. The van der Waals surface area contributed by atoms with Gasteiger partial charge < -0.3 is 24.9 Å². The van der Waals surface area contributed by atoms with Gasteiger partial charge in [-0.2, -0.15) is 4.31 Å². The second-order valence-corrected chi connectivity index (χ2v) is 11.0. The SMILES string of the molecule is COc1ccc(-c2cncc(OC[C@@H]3CN(S(=O)(=O)c4c(C(N)=O)[nH]c5ccc(Cl)cc45)CCO3)c2)cc1. The van der Waals surface area contributed by atoms with Crippen molar-refractivity contribution in [2.75, 3.05) is 33.4 Å². The largest absolute Gasteiger partial charge is 0.497 e. The van der Waals surface area contributed by atoms with Gasteiger partial charge in [0, 0.05) is 40.8 Å². The van der Waals surface area contributed by atoms with Gasteiger partial charge >= 0.3 is 0 Å². The van der Waals surface area contributed by atoms with Gasteiger partial charge in [-0.1, -0.05) is 23.7 Å². The molecule has 2 aromatic heterocycles. The molecule has 0 spiro atoms. The van der Waals surface area contributed by atoms with Crippen LogP contribution in [0.2, 0.25) is 5.02 Å². The molecule has 4 aromatic rings. The lowest BCUT2D eigenvalue weighted by Gasteiger charge is -2.32. The van der Waals surface area contributed by atoms with Crippen molar-refractivity contribution in [3.05, 3.63) is 71.6 Å². The number of halogens is 1. The van der Waals surface area contributed by atoms with Crippen LogP contribution in [0.25, 0.3) is 22.0 Å². The zero-order chi connectivity index (χ0) is 26.9. The fourth-order valence-corrected chi connectivity index (χ4v) is 6.31. The van der Waals surface area contributed by atoms with Crippen molar-refractivity contribution in [3.8, 4) is 22.6 Å². The van der Waals surface area contributed by atoms with Crippen LogP contribution in [0.3, 0.4) is 0 Å². The number of amides is 1. The van der Waals surface area contributed by atoms with Crippen LogP contribution in [0.1, 0.15) is 10.5 Å². The first-order valence-corrected chi connectivity index (χ1v) is 13.5. The number of carbonyl (C=O) groups is 1. The molecule has 0 aliphatic carbocycles. The van der Waals surface area contributed by atoms with Gasteiger partial charge in [-0.05, 0) is 42.0 Å². The predicted octanol–water partition coefficient (Wildman–Crippen LogP) is 3.46. The lowest BCUT2D eigenvalue weighted by Crippen LogP contribution is -2.47. The van der Waals surface area contributed by atoms with Gasteiger partial charge in [0.1, 0.15) is 34.8 Å². The van der Waals surface area contributed by atoms with Crippen molar-refractivity contribution in [3.63, 3.8) is 0 Å². The average molecular weight is 557 g/mol. The number of nitrogens with two attached hydrogens (primary N) is 1. The molecule has 5 rings (SSSR count). The molecule has 1 fully saturated rings. The number of nitrogens with zero attached hydrogens (tertiary/aromatic N) is 2. The van der Waals surface area contributed by atoms with Crippen molar-refractivity contribution in [1.29, 1.82) is 0 Å². The third kappa shape index (κ3) is 5.18. The number of benzene rings is 2. The van der Waals surface area contributed by atoms with E-state index < -0.39 is 22.0 Å². The summed E-state index contributed by atoms with van der Waals surface area (Å²) in [7, 11) is -2.51. The van der Waals surface area contributed by atoms with E-state index in [1.54, 1.807) is 31.6 Å².